The molecule has 0 aliphatic heterocycles. The van der Waals surface area contributed by atoms with Gasteiger partial charge in [0.1, 0.15) is 5.82 Å². The summed E-state index contributed by atoms with van der Waals surface area (Å²) >= 11 is 11.7. The van der Waals surface area contributed by atoms with E-state index in [0.717, 1.165) is 6.42 Å². The number of benzene rings is 1. The van der Waals surface area contributed by atoms with Crippen LogP contribution in [0.25, 0.3) is 0 Å². The Bertz CT molecular complexity index is 344. The Kier molecular flexibility index (Phi) is 4.80. The van der Waals surface area contributed by atoms with E-state index in [9.17, 15) is 4.39 Å². The predicted octanol–water partition coefficient (Wildman–Crippen LogP) is 2.87. The third kappa shape index (κ3) is 3.05. The highest BCUT2D eigenvalue weighted by Gasteiger charge is 2.17. The minimum Gasteiger partial charge on any atom is -0.330 e. The van der Waals surface area contributed by atoms with Gasteiger partial charge in [-0.1, -0.05) is 23.2 Å². The topological polar surface area (TPSA) is 52.0 Å². The van der Waals surface area contributed by atoms with Gasteiger partial charge in [0.15, 0.2) is 0 Å². The minimum absolute atomic E-state index is 0.196. The third-order valence-corrected chi connectivity index (χ3v) is 2.99. The molecule has 5 heteroatoms. The maximum atomic E-state index is 13.5. The second kappa shape index (κ2) is 5.66. The summed E-state index contributed by atoms with van der Waals surface area (Å²) in [6.45, 7) is 0.521. The molecular weight excluding hydrogens is 238 g/mol. The fraction of sp³-hybridized carbons (Fsp3) is 0.400. The lowest BCUT2D eigenvalue weighted by Gasteiger charge is -2.14. The summed E-state index contributed by atoms with van der Waals surface area (Å²) in [7, 11) is 0. The molecule has 0 aromatic heterocycles. The second-order valence-electron chi connectivity index (χ2n) is 3.29. The molecule has 0 saturated carbocycles. The van der Waals surface area contributed by atoms with Crippen LogP contribution in [0.2, 0.25) is 10.0 Å². The molecule has 0 saturated heterocycles. The molecule has 4 N–H and O–H groups in total. The first kappa shape index (κ1) is 12.7. The highest BCUT2D eigenvalue weighted by Crippen LogP contribution is 2.32. The van der Waals surface area contributed by atoms with E-state index in [0.29, 0.717) is 18.0 Å². The Morgan fingerprint density at radius 2 is 2.00 bits per heavy atom. The van der Waals surface area contributed by atoms with E-state index in [1.54, 1.807) is 0 Å². The van der Waals surface area contributed by atoms with Crippen LogP contribution in [0.15, 0.2) is 12.1 Å². The average molecular weight is 251 g/mol. The van der Waals surface area contributed by atoms with Gasteiger partial charge >= 0.3 is 0 Å². The molecule has 1 rings (SSSR count). The van der Waals surface area contributed by atoms with Crippen molar-refractivity contribution in [2.75, 3.05) is 6.54 Å². The molecule has 0 amide bonds. The molecule has 0 unspecified atom stereocenters. The van der Waals surface area contributed by atoms with Crippen molar-refractivity contribution in [3.05, 3.63) is 33.6 Å². The Morgan fingerprint density at radius 1 is 1.33 bits per heavy atom. The molecule has 0 aliphatic rings. The molecule has 0 heterocycles. The minimum atomic E-state index is -0.459. The van der Waals surface area contributed by atoms with Gasteiger partial charge in [0.2, 0.25) is 0 Å². The fourth-order valence-corrected chi connectivity index (χ4v) is 1.82. The average Bonchev–Trinajstić information content (AvgIpc) is 2.21. The second-order valence-corrected chi connectivity index (χ2v) is 4.08. The van der Waals surface area contributed by atoms with Gasteiger partial charge < -0.3 is 11.5 Å². The van der Waals surface area contributed by atoms with E-state index in [2.05, 4.69) is 0 Å². The first-order valence-electron chi connectivity index (χ1n) is 4.67. The van der Waals surface area contributed by atoms with Crippen LogP contribution in [0.4, 0.5) is 4.39 Å². The van der Waals surface area contributed by atoms with E-state index in [1.165, 1.54) is 12.1 Å². The third-order valence-electron chi connectivity index (χ3n) is 2.17. The zero-order valence-corrected chi connectivity index (χ0v) is 9.65. The fourth-order valence-electron chi connectivity index (χ4n) is 1.36. The van der Waals surface area contributed by atoms with Crippen LogP contribution in [-0.4, -0.2) is 6.54 Å². The van der Waals surface area contributed by atoms with E-state index in [4.69, 9.17) is 34.7 Å². The monoisotopic (exact) mass is 250 g/mol. The SMILES string of the molecule is NCCC[C@H](N)c1c(F)ccc(Cl)c1Cl. The van der Waals surface area contributed by atoms with Crippen molar-refractivity contribution in [2.45, 2.75) is 18.9 Å². The number of halogens is 3. The Labute approximate surface area is 98.3 Å². The summed E-state index contributed by atoms with van der Waals surface area (Å²) in [5.41, 5.74) is 11.4. The van der Waals surface area contributed by atoms with Gasteiger partial charge in [0.25, 0.3) is 0 Å². The molecule has 15 heavy (non-hydrogen) atoms. The van der Waals surface area contributed by atoms with Crippen LogP contribution in [0.1, 0.15) is 24.4 Å². The van der Waals surface area contributed by atoms with Crippen LogP contribution in [0.3, 0.4) is 0 Å². The van der Waals surface area contributed by atoms with Crippen LogP contribution in [0, 0.1) is 5.82 Å². The first-order valence-corrected chi connectivity index (χ1v) is 5.42. The van der Waals surface area contributed by atoms with Gasteiger partial charge in [0, 0.05) is 11.6 Å². The molecule has 1 aromatic rings. The van der Waals surface area contributed by atoms with Crippen LogP contribution < -0.4 is 11.5 Å². The zero-order valence-electron chi connectivity index (χ0n) is 8.14. The van der Waals surface area contributed by atoms with Crippen molar-refractivity contribution < 1.29 is 4.39 Å². The van der Waals surface area contributed by atoms with Gasteiger partial charge in [-0.3, -0.25) is 0 Å². The molecule has 1 atom stereocenters. The van der Waals surface area contributed by atoms with Crippen LogP contribution >= 0.6 is 23.2 Å². The summed E-state index contributed by atoms with van der Waals surface area (Å²) in [6, 6.07) is 2.23. The Hall–Kier alpha value is -0.350. The summed E-state index contributed by atoms with van der Waals surface area (Å²) in [4.78, 5) is 0. The van der Waals surface area contributed by atoms with Gasteiger partial charge in [0.05, 0.1) is 10.0 Å². The standard InChI is InChI=1S/C10H13Cl2FN2/c11-6-3-4-7(13)9(10(6)12)8(15)2-1-5-14/h3-4,8H,1-2,5,14-15H2/t8-/m0/s1. The maximum absolute atomic E-state index is 13.5. The summed E-state index contributed by atoms with van der Waals surface area (Å²) in [5, 5.41) is 0.512. The van der Waals surface area contributed by atoms with Crippen molar-refractivity contribution in [3.8, 4) is 0 Å². The lowest BCUT2D eigenvalue weighted by Crippen LogP contribution is -2.14. The first-order chi connectivity index (χ1) is 7.07. The number of rotatable bonds is 4. The molecule has 2 nitrogen and oxygen atoms in total. The van der Waals surface area contributed by atoms with Crippen molar-refractivity contribution in [1.82, 2.24) is 0 Å². The number of nitrogens with two attached hydrogens (primary N) is 2. The van der Waals surface area contributed by atoms with Crippen LogP contribution in [0.5, 0.6) is 0 Å². The predicted molar refractivity (Wildman–Crippen MR) is 61.6 cm³/mol. The molecule has 84 valence electrons. The number of hydrogen-bond acceptors (Lipinski definition) is 2. The van der Waals surface area contributed by atoms with E-state index >= 15 is 0 Å². The largest absolute Gasteiger partial charge is 0.330 e. The van der Waals surface area contributed by atoms with E-state index in [1.807, 2.05) is 0 Å². The highest BCUT2D eigenvalue weighted by molar-refractivity contribution is 6.42. The van der Waals surface area contributed by atoms with Gasteiger partial charge in [-0.25, -0.2) is 4.39 Å². The maximum Gasteiger partial charge on any atom is 0.129 e. The zero-order chi connectivity index (χ0) is 11.4. The van der Waals surface area contributed by atoms with Crippen molar-refractivity contribution in [1.29, 1.82) is 0 Å². The molecule has 1 aromatic carbocycles. The smallest absolute Gasteiger partial charge is 0.129 e. The Balaban J connectivity index is 2.96. The highest BCUT2D eigenvalue weighted by atomic mass is 35.5. The van der Waals surface area contributed by atoms with Gasteiger partial charge in [-0.2, -0.15) is 0 Å². The molecule has 0 fully saturated rings. The van der Waals surface area contributed by atoms with E-state index < -0.39 is 11.9 Å². The lowest BCUT2D eigenvalue weighted by molar-refractivity contribution is 0.553. The van der Waals surface area contributed by atoms with Crippen molar-refractivity contribution in [3.63, 3.8) is 0 Å². The molecule has 0 spiro atoms. The summed E-state index contributed by atoms with van der Waals surface area (Å²) in [6.07, 6.45) is 1.32. The van der Waals surface area contributed by atoms with E-state index in [-0.39, 0.29) is 10.6 Å². The van der Waals surface area contributed by atoms with Crippen molar-refractivity contribution >= 4 is 23.2 Å². The van der Waals surface area contributed by atoms with Gasteiger partial charge in [-0.05, 0) is 31.5 Å². The Morgan fingerprint density at radius 3 is 2.60 bits per heavy atom. The van der Waals surface area contributed by atoms with Crippen molar-refractivity contribution in [2.24, 2.45) is 11.5 Å². The quantitative estimate of drug-likeness (QED) is 0.808. The molecule has 0 radical (unpaired) electrons. The normalized spacial score (nSPS) is 12.9. The molecule has 0 bridgehead atoms. The van der Waals surface area contributed by atoms with Gasteiger partial charge in [-0.15, -0.1) is 0 Å². The summed E-state index contributed by atoms with van der Waals surface area (Å²) < 4.78 is 13.5. The molecular formula is C10H13Cl2FN2. The van der Waals surface area contributed by atoms with Crippen LogP contribution in [-0.2, 0) is 0 Å². The molecule has 0 aliphatic carbocycles. The summed E-state index contributed by atoms with van der Waals surface area (Å²) in [5.74, 6) is -0.422. The number of hydrogen-bond donors (Lipinski definition) is 2. The lowest BCUT2D eigenvalue weighted by atomic mass is 10.0.